The molecule has 0 radical (unpaired) electrons. The summed E-state index contributed by atoms with van der Waals surface area (Å²) in [5.74, 6) is 0.791. The highest BCUT2D eigenvalue weighted by atomic mass is 79.9. The zero-order valence-electron chi connectivity index (χ0n) is 14.5. The molecule has 5 nitrogen and oxygen atoms in total. The van der Waals surface area contributed by atoms with Crippen LogP contribution in [0.2, 0.25) is 10.0 Å². The van der Waals surface area contributed by atoms with Crippen LogP contribution in [-0.4, -0.2) is 28.0 Å². The Morgan fingerprint density at radius 2 is 1.89 bits per heavy atom. The Hall–Kier alpha value is -1.89. The van der Waals surface area contributed by atoms with E-state index in [1.54, 1.807) is 30.1 Å². The van der Waals surface area contributed by atoms with Crippen molar-refractivity contribution >= 4 is 45.0 Å². The summed E-state index contributed by atoms with van der Waals surface area (Å²) in [5.41, 5.74) is 1.61. The van der Waals surface area contributed by atoms with Crippen LogP contribution in [0.1, 0.15) is 17.9 Å². The Labute approximate surface area is 175 Å². The molecule has 27 heavy (non-hydrogen) atoms. The molecule has 0 aliphatic carbocycles. The van der Waals surface area contributed by atoms with Gasteiger partial charge in [-0.3, -0.25) is 4.79 Å². The van der Waals surface area contributed by atoms with E-state index in [0.29, 0.717) is 28.2 Å². The first-order valence-electron chi connectivity index (χ1n) is 8.19. The minimum Gasteiger partial charge on any atom is -0.337 e. The zero-order chi connectivity index (χ0) is 19.4. The van der Waals surface area contributed by atoms with Crippen molar-refractivity contribution in [2.75, 3.05) is 7.05 Å². The molecule has 0 saturated heterocycles. The maximum Gasteiger partial charge on any atom is 0.246 e. The maximum absolute atomic E-state index is 12.4. The monoisotopic (exact) mass is 467 g/mol. The molecular weight excluding hydrogens is 453 g/mol. The summed E-state index contributed by atoms with van der Waals surface area (Å²) in [4.78, 5) is 18.3. The predicted molar refractivity (Wildman–Crippen MR) is 109 cm³/mol. The number of rotatable bonds is 6. The summed E-state index contributed by atoms with van der Waals surface area (Å²) >= 11 is 15.7. The molecule has 140 valence electrons. The summed E-state index contributed by atoms with van der Waals surface area (Å²) in [5, 5.41) is 5.10. The Bertz CT molecular complexity index is 941. The lowest BCUT2D eigenvalue weighted by Gasteiger charge is -2.15. The van der Waals surface area contributed by atoms with E-state index in [1.165, 1.54) is 0 Å². The third-order valence-corrected chi connectivity index (χ3v) is 5.20. The second kappa shape index (κ2) is 8.87. The highest BCUT2D eigenvalue weighted by Gasteiger charge is 2.16. The average molecular weight is 469 g/mol. The van der Waals surface area contributed by atoms with Crippen LogP contribution in [0.3, 0.4) is 0 Å². The maximum atomic E-state index is 12.4. The zero-order valence-corrected chi connectivity index (χ0v) is 17.6. The van der Waals surface area contributed by atoms with E-state index in [1.807, 2.05) is 24.3 Å². The number of hydrogen-bond donors (Lipinski definition) is 0. The number of nitrogens with zero attached hydrogens (tertiary/aromatic N) is 3. The molecule has 3 aromatic rings. The number of hydrogen-bond acceptors (Lipinski definition) is 4. The molecule has 1 amide bonds. The van der Waals surface area contributed by atoms with E-state index >= 15 is 0 Å². The van der Waals surface area contributed by atoms with Crippen LogP contribution in [-0.2, 0) is 17.8 Å². The number of carbonyl (C=O) groups is 1. The number of amides is 1. The van der Waals surface area contributed by atoms with Crippen LogP contribution in [0.4, 0.5) is 0 Å². The van der Waals surface area contributed by atoms with Crippen LogP contribution >= 0.6 is 39.1 Å². The van der Waals surface area contributed by atoms with Crippen molar-refractivity contribution in [3.63, 3.8) is 0 Å². The van der Waals surface area contributed by atoms with Gasteiger partial charge in [0, 0.05) is 33.5 Å². The Morgan fingerprint density at radius 3 is 2.59 bits per heavy atom. The van der Waals surface area contributed by atoms with Gasteiger partial charge in [0.15, 0.2) is 0 Å². The van der Waals surface area contributed by atoms with Gasteiger partial charge in [-0.1, -0.05) is 62.5 Å². The first-order valence-corrected chi connectivity index (χ1v) is 9.74. The third-order valence-electron chi connectivity index (χ3n) is 4.00. The molecule has 0 aliphatic heterocycles. The highest BCUT2D eigenvalue weighted by molar-refractivity contribution is 9.10. The van der Waals surface area contributed by atoms with Crippen LogP contribution in [0.25, 0.3) is 11.4 Å². The van der Waals surface area contributed by atoms with Crippen molar-refractivity contribution in [3.05, 3.63) is 68.4 Å². The molecule has 0 aliphatic rings. The van der Waals surface area contributed by atoms with Gasteiger partial charge in [0.1, 0.15) is 0 Å². The molecule has 3 rings (SSSR count). The quantitative estimate of drug-likeness (QED) is 0.486. The van der Waals surface area contributed by atoms with Crippen molar-refractivity contribution in [1.82, 2.24) is 15.0 Å². The normalized spacial score (nSPS) is 10.8. The fourth-order valence-corrected chi connectivity index (χ4v) is 3.53. The average Bonchev–Trinajstić information content (AvgIpc) is 3.09. The Balaban J connectivity index is 1.60. The lowest BCUT2D eigenvalue weighted by Crippen LogP contribution is -2.26. The SMILES string of the molecule is CN(Cc1nc(-c2cccc(Br)c2)no1)C(=O)CCc1c(Cl)cccc1Cl. The second-order valence-corrected chi connectivity index (χ2v) is 7.70. The number of halogens is 3. The standard InChI is InChI=1S/C19H16BrCl2N3O2/c1-25(18(26)9-8-14-15(21)6-3-7-16(14)22)11-17-23-19(24-27-17)12-4-2-5-13(20)10-12/h2-7,10H,8-9,11H2,1H3. The van der Waals surface area contributed by atoms with E-state index in [-0.39, 0.29) is 18.9 Å². The molecule has 0 unspecified atom stereocenters. The van der Waals surface area contributed by atoms with Gasteiger partial charge in [0.25, 0.3) is 0 Å². The predicted octanol–water partition coefficient (Wildman–Crippen LogP) is 5.40. The van der Waals surface area contributed by atoms with Crippen LogP contribution in [0.5, 0.6) is 0 Å². The van der Waals surface area contributed by atoms with Crippen molar-refractivity contribution in [1.29, 1.82) is 0 Å². The van der Waals surface area contributed by atoms with Crippen molar-refractivity contribution in [2.45, 2.75) is 19.4 Å². The fraction of sp³-hybridized carbons (Fsp3) is 0.211. The van der Waals surface area contributed by atoms with Gasteiger partial charge in [0.05, 0.1) is 6.54 Å². The van der Waals surface area contributed by atoms with Gasteiger partial charge in [-0.25, -0.2) is 0 Å². The molecular formula is C19H16BrCl2N3O2. The summed E-state index contributed by atoms with van der Waals surface area (Å²) < 4.78 is 6.20. The lowest BCUT2D eigenvalue weighted by atomic mass is 10.1. The largest absolute Gasteiger partial charge is 0.337 e. The molecule has 0 fully saturated rings. The van der Waals surface area contributed by atoms with Gasteiger partial charge in [0.2, 0.25) is 17.6 Å². The molecule has 0 spiro atoms. The van der Waals surface area contributed by atoms with Crippen LogP contribution < -0.4 is 0 Å². The van der Waals surface area contributed by atoms with Gasteiger partial charge in [-0.05, 0) is 36.2 Å². The number of carbonyl (C=O) groups excluding carboxylic acids is 1. The molecule has 0 N–H and O–H groups in total. The first kappa shape index (κ1) is 19.9. The van der Waals surface area contributed by atoms with Crippen LogP contribution in [0.15, 0.2) is 51.5 Å². The summed E-state index contributed by atoms with van der Waals surface area (Å²) in [6.45, 7) is 0.232. The minimum absolute atomic E-state index is 0.0619. The first-order chi connectivity index (χ1) is 12.9. The van der Waals surface area contributed by atoms with Crippen molar-refractivity contribution in [2.24, 2.45) is 0 Å². The van der Waals surface area contributed by atoms with Gasteiger partial charge in [-0.15, -0.1) is 0 Å². The van der Waals surface area contributed by atoms with E-state index in [2.05, 4.69) is 26.1 Å². The van der Waals surface area contributed by atoms with Gasteiger partial charge in [-0.2, -0.15) is 4.98 Å². The molecule has 0 bridgehead atoms. The smallest absolute Gasteiger partial charge is 0.246 e. The molecule has 1 heterocycles. The molecule has 0 atom stereocenters. The Morgan fingerprint density at radius 1 is 1.19 bits per heavy atom. The van der Waals surface area contributed by atoms with E-state index in [4.69, 9.17) is 27.7 Å². The molecule has 8 heteroatoms. The summed E-state index contributed by atoms with van der Waals surface area (Å²) in [6, 6.07) is 12.9. The third kappa shape index (κ3) is 5.09. The van der Waals surface area contributed by atoms with Crippen molar-refractivity contribution in [3.8, 4) is 11.4 Å². The van der Waals surface area contributed by atoms with Gasteiger partial charge >= 0.3 is 0 Å². The Kier molecular flexibility index (Phi) is 6.52. The van der Waals surface area contributed by atoms with Gasteiger partial charge < -0.3 is 9.42 Å². The fourth-order valence-electron chi connectivity index (χ4n) is 2.55. The van der Waals surface area contributed by atoms with E-state index in [9.17, 15) is 4.79 Å². The topological polar surface area (TPSA) is 59.2 Å². The van der Waals surface area contributed by atoms with Crippen LogP contribution in [0, 0.1) is 0 Å². The summed E-state index contributed by atoms with van der Waals surface area (Å²) in [6.07, 6.45) is 0.751. The highest BCUT2D eigenvalue weighted by Crippen LogP contribution is 2.26. The number of aromatic nitrogens is 2. The van der Waals surface area contributed by atoms with E-state index in [0.717, 1.165) is 15.6 Å². The summed E-state index contributed by atoms with van der Waals surface area (Å²) in [7, 11) is 1.69. The van der Waals surface area contributed by atoms with E-state index < -0.39 is 0 Å². The second-order valence-electron chi connectivity index (χ2n) is 5.97. The molecule has 2 aromatic carbocycles. The number of benzene rings is 2. The lowest BCUT2D eigenvalue weighted by molar-refractivity contribution is -0.130. The minimum atomic E-state index is -0.0619. The van der Waals surface area contributed by atoms with Crippen molar-refractivity contribution < 1.29 is 9.32 Å². The molecule has 1 aromatic heterocycles. The molecule has 0 saturated carbocycles.